The van der Waals surface area contributed by atoms with Gasteiger partial charge in [0.05, 0.1) is 11.9 Å². The van der Waals surface area contributed by atoms with Crippen molar-refractivity contribution in [1.29, 1.82) is 0 Å². The lowest BCUT2D eigenvalue weighted by Gasteiger charge is -2.31. The molecule has 1 atom stereocenters. The Morgan fingerprint density at radius 3 is 2.95 bits per heavy atom. The molecule has 1 aromatic heterocycles. The summed E-state index contributed by atoms with van der Waals surface area (Å²) in [6, 6.07) is 3.80. The smallest absolute Gasteiger partial charge is 0.211 e. The van der Waals surface area contributed by atoms with Crippen LogP contribution in [-0.4, -0.2) is 41.6 Å². The van der Waals surface area contributed by atoms with E-state index < -0.39 is 10.0 Å². The molecule has 2 rings (SSSR count). The Morgan fingerprint density at radius 1 is 1.58 bits per heavy atom. The van der Waals surface area contributed by atoms with Crippen LogP contribution >= 0.6 is 12.2 Å². The van der Waals surface area contributed by atoms with Crippen molar-refractivity contribution in [2.75, 3.05) is 19.3 Å². The van der Waals surface area contributed by atoms with Crippen LogP contribution in [0.25, 0.3) is 0 Å². The number of rotatable bonds is 4. The lowest BCUT2D eigenvalue weighted by molar-refractivity contribution is 0.246. The van der Waals surface area contributed by atoms with Crippen LogP contribution in [0.3, 0.4) is 0 Å². The molecule has 0 bridgehead atoms. The van der Waals surface area contributed by atoms with Gasteiger partial charge in [0.2, 0.25) is 10.0 Å². The van der Waals surface area contributed by atoms with Crippen molar-refractivity contribution in [3.05, 3.63) is 24.0 Å². The molecule has 0 amide bonds. The van der Waals surface area contributed by atoms with E-state index in [1.165, 1.54) is 6.26 Å². The maximum atomic E-state index is 11.6. The number of nitrogens with two attached hydrogens (primary N) is 1. The monoisotopic (exact) mass is 301 g/mol. The highest BCUT2D eigenvalue weighted by Crippen LogP contribution is 2.21. The lowest BCUT2D eigenvalue weighted by atomic mass is 9.99. The largest absolute Gasteiger partial charge is 0.388 e. The summed E-state index contributed by atoms with van der Waals surface area (Å²) in [6.45, 7) is 1.96. The topological polar surface area (TPSA) is 68.3 Å². The van der Waals surface area contributed by atoms with Gasteiger partial charge in [-0.3, -0.25) is 0 Å². The Bertz CT molecular complexity index is 565. The number of sulfonamides is 1. The standard InChI is InChI=1S/C12H19N3O2S2/c1-19(16,17)15-7-2-4-10(9-15)8-14-6-3-5-11(14)12(13)18/h3,5-6,10H,2,4,7-9H2,1H3,(H2,13,18). The van der Waals surface area contributed by atoms with Gasteiger partial charge in [-0.1, -0.05) is 12.2 Å². The summed E-state index contributed by atoms with van der Waals surface area (Å²) in [5.41, 5.74) is 6.50. The average Bonchev–Trinajstić information content (AvgIpc) is 2.76. The quantitative estimate of drug-likeness (QED) is 0.835. The predicted molar refractivity (Wildman–Crippen MR) is 79.5 cm³/mol. The molecule has 2 heterocycles. The van der Waals surface area contributed by atoms with E-state index in [-0.39, 0.29) is 0 Å². The zero-order chi connectivity index (χ0) is 14.0. The second kappa shape index (κ2) is 5.60. The minimum atomic E-state index is -3.09. The van der Waals surface area contributed by atoms with E-state index in [4.69, 9.17) is 18.0 Å². The van der Waals surface area contributed by atoms with Crippen LogP contribution in [0.1, 0.15) is 18.5 Å². The zero-order valence-corrected chi connectivity index (χ0v) is 12.6. The third-order valence-corrected chi connectivity index (χ3v) is 4.97. The van der Waals surface area contributed by atoms with Gasteiger partial charge in [-0.25, -0.2) is 12.7 Å². The van der Waals surface area contributed by atoms with Gasteiger partial charge in [0, 0.05) is 25.8 Å². The summed E-state index contributed by atoms with van der Waals surface area (Å²) in [7, 11) is -3.09. The second-order valence-electron chi connectivity index (χ2n) is 5.04. The van der Waals surface area contributed by atoms with Crippen molar-refractivity contribution in [1.82, 2.24) is 8.87 Å². The fourth-order valence-electron chi connectivity index (χ4n) is 2.55. The molecule has 5 nitrogen and oxygen atoms in total. The van der Waals surface area contributed by atoms with Crippen LogP contribution in [0, 0.1) is 5.92 Å². The minimum absolute atomic E-state index is 0.309. The molecule has 0 spiro atoms. The van der Waals surface area contributed by atoms with E-state index in [1.54, 1.807) is 4.31 Å². The summed E-state index contributed by atoms with van der Waals surface area (Å²) < 4.78 is 26.7. The fourth-order valence-corrected chi connectivity index (χ4v) is 3.68. The molecule has 19 heavy (non-hydrogen) atoms. The number of thiocarbonyl (C=S) groups is 1. The molecule has 1 aliphatic rings. The summed E-state index contributed by atoms with van der Waals surface area (Å²) in [5.74, 6) is 0.309. The van der Waals surface area contributed by atoms with Crippen molar-refractivity contribution < 1.29 is 8.42 Å². The van der Waals surface area contributed by atoms with E-state index in [2.05, 4.69) is 0 Å². The van der Waals surface area contributed by atoms with Crippen LogP contribution in [0.15, 0.2) is 18.3 Å². The molecule has 1 saturated heterocycles. The Balaban J connectivity index is 2.07. The van der Waals surface area contributed by atoms with Crippen molar-refractivity contribution >= 4 is 27.2 Å². The van der Waals surface area contributed by atoms with Crippen molar-refractivity contribution in [3.8, 4) is 0 Å². The SMILES string of the molecule is CS(=O)(=O)N1CCCC(Cn2cccc2C(N)=S)C1. The summed E-state index contributed by atoms with van der Waals surface area (Å²) in [6.07, 6.45) is 5.14. The highest BCUT2D eigenvalue weighted by atomic mass is 32.2. The normalized spacial score (nSPS) is 21.4. The molecule has 7 heteroatoms. The third-order valence-electron chi connectivity index (χ3n) is 3.49. The molecule has 0 saturated carbocycles. The fraction of sp³-hybridized carbons (Fsp3) is 0.583. The molecule has 0 radical (unpaired) electrons. The lowest BCUT2D eigenvalue weighted by Crippen LogP contribution is -2.40. The van der Waals surface area contributed by atoms with Gasteiger partial charge in [-0.2, -0.15) is 0 Å². The van der Waals surface area contributed by atoms with Gasteiger partial charge in [0.25, 0.3) is 0 Å². The number of hydrogen-bond acceptors (Lipinski definition) is 3. The number of aromatic nitrogens is 1. The number of piperidine rings is 1. The number of nitrogens with zero attached hydrogens (tertiary/aromatic N) is 2. The van der Waals surface area contributed by atoms with Crippen LogP contribution in [0.2, 0.25) is 0 Å². The van der Waals surface area contributed by atoms with Gasteiger partial charge in [-0.05, 0) is 30.9 Å². The van der Waals surface area contributed by atoms with E-state index in [1.807, 2.05) is 22.9 Å². The first-order valence-electron chi connectivity index (χ1n) is 6.28. The van der Waals surface area contributed by atoms with Crippen LogP contribution in [0.4, 0.5) is 0 Å². The zero-order valence-electron chi connectivity index (χ0n) is 10.9. The molecule has 1 aromatic rings. The molecule has 0 aliphatic carbocycles. The van der Waals surface area contributed by atoms with Gasteiger partial charge < -0.3 is 10.3 Å². The second-order valence-corrected chi connectivity index (χ2v) is 7.46. The minimum Gasteiger partial charge on any atom is -0.388 e. The highest BCUT2D eigenvalue weighted by molar-refractivity contribution is 7.88. The van der Waals surface area contributed by atoms with Crippen molar-refractivity contribution in [2.45, 2.75) is 19.4 Å². The van der Waals surface area contributed by atoms with E-state index >= 15 is 0 Å². The summed E-state index contributed by atoms with van der Waals surface area (Å²) >= 11 is 5.00. The van der Waals surface area contributed by atoms with Gasteiger partial charge in [-0.15, -0.1) is 0 Å². The summed E-state index contributed by atoms with van der Waals surface area (Å²) in [5, 5.41) is 0. The molecular weight excluding hydrogens is 282 g/mol. The van der Waals surface area contributed by atoms with Gasteiger partial charge >= 0.3 is 0 Å². The van der Waals surface area contributed by atoms with Crippen molar-refractivity contribution in [2.24, 2.45) is 11.7 Å². The first-order valence-corrected chi connectivity index (χ1v) is 8.53. The highest BCUT2D eigenvalue weighted by Gasteiger charge is 2.26. The summed E-state index contributed by atoms with van der Waals surface area (Å²) in [4.78, 5) is 0.376. The third kappa shape index (κ3) is 3.55. The van der Waals surface area contributed by atoms with Crippen molar-refractivity contribution in [3.63, 3.8) is 0 Å². The maximum absolute atomic E-state index is 11.6. The molecule has 2 N–H and O–H groups in total. The molecule has 1 fully saturated rings. The number of hydrogen-bond donors (Lipinski definition) is 1. The molecular formula is C12H19N3O2S2. The Kier molecular flexibility index (Phi) is 4.27. The van der Waals surface area contributed by atoms with Gasteiger partial charge in [0.15, 0.2) is 0 Å². The maximum Gasteiger partial charge on any atom is 0.211 e. The first kappa shape index (κ1) is 14.5. The first-order chi connectivity index (χ1) is 8.88. The Morgan fingerprint density at radius 2 is 2.32 bits per heavy atom. The van der Waals surface area contributed by atoms with Gasteiger partial charge in [0.1, 0.15) is 4.99 Å². The molecule has 106 valence electrons. The van der Waals surface area contributed by atoms with Crippen LogP contribution < -0.4 is 5.73 Å². The van der Waals surface area contributed by atoms with Crippen LogP contribution in [-0.2, 0) is 16.6 Å². The Hall–Kier alpha value is -0.920. The van der Waals surface area contributed by atoms with Crippen LogP contribution in [0.5, 0.6) is 0 Å². The molecule has 0 aromatic carbocycles. The molecule has 1 aliphatic heterocycles. The van der Waals surface area contributed by atoms with E-state index in [0.29, 0.717) is 24.0 Å². The average molecular weight is 301 g/mol. The Labute approximate surface area is 119 Å². The predicted octanol–water partition coefficient (Wildman–Crippen LogP) is 0.794. The molecule has 1 unspecified atom stereocenters. The van der Waals surface area contributed by atoms with E-state index in [0.717, 1.165) is 25.1 Å². The van der Waals surface area contributed by atoms with E-state index in [9.17, 15) is 8.42 Å².